The van der Waals surface area contributed by atoms with E-state index in [0.29, 0.717) is 0 Å². The highest BCUT2D eigenvalue weighted by Gasteiger charge is 2.95. The van der Waals surface area contributed by atoms with Crippen LogP contribution in [-0.2, 0) is 9.59 Å². The molecule has 0 aliphatic heterocycles. The van der Waals surface area contributed by atoms with Crippen LogP contribution in [0.3, 0.4) is 0 Å². The summed E-state index contributed by atoms with van der Waals surface area (Å²) in [6, 6.07) is 0. The zero-order valence-corrected chi connectivity index (χ0v) is 17.6. The molecule has 0 amide bonds. The van der Waals surface area contributed by atoms with Crippen LogP contribution in [0.25, 0.3) is 0 Å². The van der Waals surface area contributed by atoms with Crippen LogP contribution in [0.2, 0.25) is 0 Å². The van der Waals surface area contributed by atoms with E-state index in [9.17, 15) is 84.2 Å². The molecule has 0 aromatic rings. The highest BCUT2D eigenvalue weighted by atomic mass is 19.4. The summed E-state index contributed by atoms with van der Waals surface area (Å²) < 4.78 is 218. The maximum atomic E-state index is 13.3. The van der Waals surface area contributed by atoms with Crippen LogP contribution in [0.1, 0.15) is 6.92 Å². The zero-order chi connectivity index (χ0) is 31.9. The van der Waals surface area contributed by atoms with Crippen molar-refractivity contribution in [2.24, 2.45) is 0 Å². The molecule has 0 heterocycles. The highest BCUT2D eigenvalue weighted by molar-refractivity contribution is 5.88. The molecule has 224 valence electrons. The zero-order valence-electron chi connectivity index (χ0n) is 17.6. The van der Waals surface area contributed by atoms with Crippen LogP contribution in [0.15, 0.2) is 24.3 Å². The maximum absolute atomic E-state index is 13.3. The quantitative estimate of drug-likeness (QED) is 0.221. The standard InChI is InChI=1S/C11H3F17O2.C5H8O3/c1-2(3(29)30)4(12,13)5(14,15)6(16,17)7(18,19)8(20,21)9(22,23)10(24,25)11(26,27)28;1-3(4(2)6)5(7)8/h1H2,(H,29,30);4,6H,1H2,2H3,(H,7,8). The molecule has 0 spiro atoms. The van der Waals surface area contributed by atoms with Crippen molar-refractivity contribution in [2.45, 2.75) is 60.7 Å². The highest BCUT2D eigenvalue weighted by Crippen LogP contribution is 2.64. The summed E-state index contributed by atoms with van der Waals surface area (Å²) in [6.07, 6.45) is -8.79. The number of hydrogen-bond donors (Lipinski definition) is 3. The van der Waals surface area contributed by atoms with Crippen molar-refractivity contribution in [3.8, 4) is 0 Å². The first-order valence-corrected chi connectivity index (χ1v) is 8.40. The van der Waals surface area contributed by atoms with Crippen molar-refractivity contribution in [3.05, 3.63) is 24.3 Å². The van der Waals surface area contributed by atoms with Crippen molar-refractivity contribution < 1.29 is 99.5 Å². The Balaban J connectivity index is 0. The van der Waals surface area contributed by atoms with E-state index in [4.69, 9.17) is 15.3 Å². The Morgan fingerprint density at radius 1 is 0.553 bits per heavy atom. The third-order valence-corrected chi connectivity index (χ3v) is 4.14. The summed E-state index contributed by atoms with van der Waals surface area (Å²) in [5.41, 5.74) is -3.55. The first-order chi connectivity index (χ1) is 16.2. The molecule has 0 radical (unpaired) electrons. The van der Waals surface area contributed by atoms with Gasteiger partial charge in [-0.1, -0.05) is 13.2 Å². The second kappa shape index (κ2) is 10.4. The average Bonchev–Trinajstić information content (AvgIpc) is 2.70. The molecule has 1 unspecified atom stereocenters. The van der Waals surface area contributed by atoms with Gasteiger partial charge in [0, 0.05) is 0 Å². The minimum absolute atomic E-state index is 0.176. The van der Waals surface area contributed by atoms with Crippen molar-refractivity contribution in [2.75, 3.05) is 0 Å². The molecule has 0 aromatic heterocycles. The molecule has 1 atom stereocenters. The fourth-order valence-electron chi connectivity index (χ4n) is 1.67. The molecule has 22 heteroatoms. The fraction of sp³-hybridized carbons (Fsp3) is 0.625. The lowest BCUT2D eigenvalue weighted by Crippen LogP contribution is -2.74. The van der Waals surface area contributed by atoms with E-state index >= 15 is 0 Å². The minimum Gasteiger partial charge on any atom is -0.478 e. The molecular weight excluding hydrogens is 595 g/mol. The van der Waals surface area contributed by atoms with Crippen molar-refractivity contribution in [1.29, 1.82) is 0 Å². The van der Waals surface area contributed by atoms with Crippen LogP contribution < -0.4 is 0 Å². The molecular formula is C16H11F17O5. The van der Waals surface area contributed by atoms with Gasteiger partial charge in [0.05, 0.1) is 11.7 Å². The molecule has 38 heavy (non-hydrogen) atoms. The van der Waals surface area contributed by atoms with Crippen molar-refractivity contribution in [3.63, 3.8) is 0 Å². The van der Waals surface area contributed by atoms with E-state index < -0.39 is 71.2 Å². The molecule has 0 bridgehead atoms. The molecule has 0 saturated heterocycles. The second-order valence-electron chi connectivity index (χ2n) is 6.81. The lowest BCUT2D eigenvalue weighted by atomic mass is 9.87. The van der Waals surface area contributed by atoms with Crippen LogP contribution in [0.4, 0.5) is 74.6 Å². The van der Waals surface area contributed by atoms with Gasteiger partial charge in [-0.25, -0.2) is 9.59 Å². The van der Waals surface area contributed by atoms with Crippen LogP contribution in [0.5, 0.6) is 0 Å². The molecule has 3 N–H and O–H groups in total. The summed E-state index contributed by atoms with van der Waals surface area (Å²) in [6.45, 7) is 6.02. The van der Waals surface area contributed by atoms with E-state index in [-0.39, 0.29) is 5.57 Å². The fourth-order valence-corrected chi connectivity index (χ4v) is 1.67. The van der Waals surface area contributed by atoms with Gasteiger partial charge < -0.3 is 15.3 Å². The van der Waals surface area contributed by atoms with Crippen LogP contribution in [-0.4, -0.2) is 81.0 Å². The van der Waals surface area contributed by atoms with E-state index in [1.54, 1.807) is 6.58 Å². The number of halogens is 17. The van der Waals surface area contributed by atoms with Gasteiger partial charge in [0.15, 0.2) is 0 Å². The van der Waals surface area contributed by atoms with Gasteiger partial charge in [0.25, 0.3) is 0 Å². The van der Waals surface area contributed by atoms with Gasteiger partial charge in [-0.3, -0.25) is 0 Å². The van der Waals surface area contributed by atoms with Crippen LogP contribution in [0, 0.1) is 0 Å². The number of carbonyl (C=O) groups is 2. The van der Waals surface area contributed by atoms with Gasteiger partial charge in [-0.2, -0.15) is 74.6 Å². The molecule has 0 rings (SSSR count). The molecule has 0 aliphatic rings. The predicted molar refractivity (Wildman–Crippen MR) is 85.9 cm³/mol. The van der Waals surface area contributed by atoms with Crippen molar-refractivity contribution >= 4 is 11.9 Å². The largest absolute Gasteiger partial charge is 0.478 e. The smallest absolute Gasteiger partial charge is 0.460 e. The normalized spacial score (nSPS) is 15.2. The minimum atomic E-state index is -8.76. The van der Waals surface area contributed by atoms with Crippen molar-refractivity contribution in [1.82, 2.24) is 0 Å². The Morgan fingerprint density at radius 3 is 1.00 bits per heavy atom. The summed E-state index contributed by atoms with van der Waals surface area (Å²) >= 11 is 0. The number of aliphatic carboxylic acids is 2. The third kappa shape index (κ3) is 5.63. The number of aliphatic hydroxyl groups is 1. The Kier molecular flexibility index (Phi) is 10.2. The lowest BCUT2D eigenvalue weighted by Gasteiger charge is -2.42. The molecule has 0 aromatic carbocycles. The molecule has 5 nitrogen and oxygen atoms in total. The van der Waals surface area contributed by atoms with Crippen LogP contribution >= 0.6 is 0 Å². The topological polar surface area (TPSA) is 94.8 Å². The summed E-state index contributed by atoms with van der Waals surface area (Å²) in [5, 5.41) is 24.6. The first kappa shape index (κ1) is 37.3. The van der Waals surface area contributed by atoms with E-state index in [2.05, 4.69) is 6.58 Å². The van der Waals surface area contributed by atoms with Gasteiger partial charge in [-0.05, 0) is 6.92 Å². The van der Waals surface area contributed by atoms with E-state index in [1.807, 2.05) is 0 Å². The summed E-state index contributed by atoms with van der Waals surface area (Å²) in [7, 11) is 0. The number of aliphatic hydroxyl groups excluding tert-OH is 1. The monoisotopic (exact) mass is 606 g/mol. The van der Waals surface area contributed by atoms with Gasteiger partial charge >= 0.3 is 59.6 Å². The van der Waals surface area contributed by atoms with Gasteiger partial charge in [0.1, 0.15) is 5.57 Å². The number of hydrogen-bond acceptors (Lipinski definition) is 3. The summed E-state index contributed by atoms with van der Waals surface area (Å²) in [4.78, 5) is 20.0. The Labute approximate surface area is 197 Å². The van der Waals surface area contributed by atoms with Gasteiger partial charge in [0.2, 0.25) is 0 Å². The molecule has 0 fully saturated rings. The average molecular weight is 606 g/mol. The number of alkyl halides is 17. The van der Waals surface area contributed by atoms with E-state index in [0.717, 1.165) is 0 Å². The molecule has 0 aliphatic carbocycles. The van der Waals surface area contributed by atoms with E-state index in [1.165, 1.54) is 6.92 Å². The Hall–Kier alpha value is -2.81. The molecule has 0 saturated carbocycles. The number of rotatable bonds is 10. The maximum Gasteiger partial charge on any atom is 0.460 e. The third-order valence-electron chi connectivity index (χ3n) is 4.14. The lowest BCUT2D eigenvalue weighted by molar-refractivity contribution is -0.460. The first-order valence-electron chi connectivity index (χ1n) is 8.40. The Bertz CT molecular complexity index is 933. The second-order valence-corrected chi connectivity index (χ2v) is 6.81. The summed E-state index contributed by atoms with van der Waals surface area (Å²) in [5.74, 6) is -62.6. The number of carboxylic acid groups (broad SMARTS) is 2. The number of carboxylic acids is 2. The SMILES string of the molecule is C=C(C(=O)O)C(C)O.C=C(C(=O)O)C(F)(F)C(F)(F)C(F)(F)C(F)(F)C(F)(F)C(F)(F)C(F)(F)C(F)(F)F. The van der Waals surface area contributed by atoms with Gasteiger partial charge in [-0.15, -0.1) is 0 Å². The predicted octanol–water partition coefficient (Wildman–Crippen LogP) is 5.64. The Morgan fingerprint density at radius 2 is 0.816 bits per heavy atom.